The zero-order valence-corrected chi connectivity index (χ0v) is 13.6. The highest BCUT2D eigenvalue weighted by Crippen LogP contribution is 2.22. The number of thiophene rings is 1. The molecule has 0 radical (unpaired) electrons. The second-order valence-corrected chi connectivity index (χ2v) is 6.76. The number of hydrogen-bond donors (Lipinski definition) is 1. The van der Waals surface area contributed by atoms with E-state index >= 15 is 0 Å². The van der Waals surface area contributed by atoms with Gasteiger partial charge >= 0.3 is 0 Å². The average molecular weight is 320 g/mol. The van der Waals surface area contributed by atoms with Gasteiger partial charge in [-0.1, -0.05) is 11.2 Å². The molecule has 7 heteroatoms. The van der Waals surface area contributed by atoms with Crippen molar-refractivity contribution in [3.05, 3.63) is 23.4 Å². The van der Waals surface area contributed by atoms with Crippen molar-refractivity contribution in [1.82, 2.24) is 20.4 Å². The molecular formula is C15H20N4O2S. The van der Waals surface area contributed by atoms with E-state index < -0.39 is 0 Å². The molecule has 1 unspecified atom stereocenters. The highest BCUT2D eigenvalue weighted by atomic mass is 32.1. The van der Waals surface area contributed by atoms with Crippen LogP contribution in [-0.4, -0.2) is 39.6 Å². The van der Waals surface area contributed by atoms with Gasteiger partial charge in [0.15, 0.2) is 0 Å². The van der Waals surface area contributed by atoms with E-state index in [9.17, 15) is 4.79 Å². The molecule has 2 aromatic rings. The van der Waals surface area contributed by atoms with Crippen LogP contribution in [0.2, 0.25) is 0 Å². The van der Waals surface area contributed by atoms with Crippen molar-refractivity contribution in [2.45, 2.75) is 45.3 Å². The third-order valence-corrected chi connectivity index (χ3v) is 4.68. The second kappa shape index (κ2) is 6.58. The fourth-order valence-corrected chi connectivity index (χ4v) is 3.20. The van der Waals surface area contributed by atoms with Gasteiger partial charge in [-0.2, -0.15) is 4.98 Å². The van der Waals surface area contributed by atoms with E-state index in [1.807, 2.05) is 17.5 Å². The average Bonchev–Trinajstić information content (AvgIpc) is 3.19. The zero-order chi connectivity index (χ0) is 15.5. The summed E-state index contributed by atoms with van der Waals surface area (Å²) in [7, 11) is 0. The minimum atomic E-state index is 0.145. The molecule has 1 atom stereocenters. The van der Waals surface area contributed by atoms with E-state index in [-0.39, 0.29) is 11.9 Å². The smallest absolute Gasteiger partial charge is 0.241 e. The van der Waals surface area contributed by atoms with Gasteiger partial charge in [0.2, 0.25) is 17.6 Å². The Kier molecular flexibility index (Phi) is 4.54. The number of hydrogen-bond acceptors (Lipinski definition) is 6. The highest BCUT2D eigenvalue weighted by Gasteiger charge is 2.25. The van der Waals surface area contributed by atoms with Crippen LogP contribution in [0.5, 0.6) is 0 Å². The topological polar surface area (TPSA) is 71.3 Å². The molecule has 0 saturated carbocycles. The minimum Gasteiger partial charge on any atom is -0.352 e. The van der Waals surface area contributed by atoms with Crippen LogP contribution in [0.25, 0.3) is 10.7 Å². The number of carbonyl (C=O) groups excluding carboxylic acids is 1. The molecule has 1 fully saturated rings. The van der Waals surface area contributed by atoms with Crippen LogP contribution >= 0.6 is 11.3 Å². The molecule has 0 aliphatic carbocycles. The predicted molar refractivity (Wildman–Crippen MR) is 84.3 cm³/mol. The molecule has 3 rings (SSSR count). The Morgan fingerprint density at radius 2 is 2.41 bits per heavy atom. The molecule has 1 aliphatic heterocycles. The number of nitrogens with zero attached hydrogens (tertiary/aromatic N) is 3. The second-order valence-electron chi connectivity index (χ2n) is 5.82. The molecular weight excluding hydrogens is 300 g/mol. The fourth-order valence-electron chi connectivity index (χ4n) is 2.55. The van der Waals surface area contributed by atoms with Crippen molar-refractivity contribution >= 4 is 17.2 Å². The summed E-state index contributed by atoms with van der Waals surface area (Å²) < 4.78 is 5.37. The molecule has 1 saturated heterocycles. The van der Waals surface area contributed by atoms with Gasteiger partial charge in [-0.05, 0) is 31.7 Å². The number of nitrogens with one attached hydrogen (secondary N) is 1. The van der Waals surface area contributed by atoms with Crippen molar-refractivity contribution in [2.24, 2.45) is 0 Å². The maximum absolute atomic E-state index is 11.3. The zero-order valence-electron chi connectivity index (χ0n) is 12.8. The SMILES string of the molecule is CC(C)N(Cc1nc(-c2cccs2)no1)CC1CCC(=O)N1. The van der Waals surface area contributed by atoms with Crippen LogP contribution in [0, 0.1) is 0 Å². The van der Waals surface area contributed by atoms with Crippen LogP contribution in [0.3, 0.4) is 0 Å². The highest BCUT2D eigenvalue weighted by molar-refractivity contribution is 7.13. The Bertz CT molecular complexity index is 623. The van der Waals surface area contributed by atoms with Gasteiger partial charge in [-0.25, -0.2) is 0 Å². The molecule has 1 amide bonds. The largest absolute Gasteiger partial charge is 0.352 e. The van der Waals surface area contributed by atoms with Gasteiger partial charge in [0.05, 0.1) is 11.4 Å². The van der Waals surface area contributed by atoms with E-state index in [2.05, 4.69) is 34.2 Å². The van der Waals surface area contributed by atoms with Crippen molar-refractivity contribution in [1.29, 1.82) is 0 Å². The third kappa shape index (κ3) is 3.53. The Morgan fingerprint density at radius 1 is 1.55 bits per heavy atom. The van der Waals surface area contributed by atoms with Crippen LogP contribution in [0.4, 0.5) is 0 Å². The van der Waals surface area contributed by atoms with Crippen molar-refractivity contribution in [3.63, 3.8) is 0 Å². The quantitative estimate of drug-likeness (QED) is 0.884. The first kappa shape index (κ1) is 15.2. The lowest BCUT2D eigenvalue weighted by atomic mass is 10.2. The number of rotatable bonds is 6. The first-order valence-corrected chi connectivity index (χ1v) is 8.39. The normalized spacial score (nSPS) is 18.4. The summed E-state index contributed by atoms with van der Waals surface area (Å²) in [6, 6.07) is 4.51. The predicted octanol–water partition coefficient (Wildman–Crippen LogP) is 2.29. The van der Waals surface area contributed by atoms with Gasteiger partial charge in [0, 0.05) is 25.0 Å². The maximum Gasteiger partial charge on any atom is 0.241 e. The maximum atomic E-state index is 11.3. The van der Waals surface area contributed by atoms with E-state index in [1.165, 1.54) is 0 Å². The molecule has 2 aromatic heterocycles. The van der Waals surface area contributed by atoms with E-state index in [0.29, 0.717) is 30.7 Å². The summed E-state index contributed by atoms with van der Waals surface area (Å²) in [6.07, 6.45) is 1.52. The van der Waals surface area contributed by atoms with Crippen molar-refractivity contribution < 1.29 is 9.32 Å². The molecule has 0 spiro atoms. The lowest BCUT2D eigenvalue weighted by molar-refractivity contribution is -0.119. The number of aromatic nitrogens is 2. The number of carbonyl (C=O) groups is 1. The molecule has 0 aromatic carbocycles. The molecule has 3 heterocycles. The molecule has 22 heavy (non-hydrogen) atoms. The Morgan fingerprint density at radius 3 is 3.05 bits per heavy atom. The first-order chi connectivity index (χ1) is 10.6. The fraction of sp³-hybridized carbons (Fsp3) is 0.533. The molecule has 1 aliphatic rings. The van der Waals surface area contributed by atoms with Crippen LogP contribution in [-0.2, 0) is 11.3 Å². The molecule has 6 nitrogen and oxygen atoms in total. The molecule has 118 valence electrons. The van der Waals surface area contributed by atoms with Crippen molar-refractivity contribution in [2.75, 3.05) is 6.54 Å². The summed E-state index contributed by atoms with van der Waals surface area (Å²) >= 11 is 1.59. The Labute approximate surface area is 133 Å². The van der Waals surface area contributed by atoms with E-state index in [0.717, 1.165) is 17.8 Å². The van der Waals surface area contributed by atoms with Gasteiger partial charge in [-0.15, -0.1) is 11.3 Å². The van der Waals surface area contributed by atoms with Crippen LogP contribution < -0.4 is 5.32 Å². The lowest BCUT2D eigenvalue weighted by Gasteiger charge is -2.27. The Balaban J connectivity index is 1.65. The summed E-state index contributed by atoms with van der Waals surface area (Å²) in [4.78, 5) is 19.1. The molecule has 1 N–H and O–H groups in total. The summed E-state index contributed by atoms with van der Waals surface area (Å²) in [5.41, 5.74) is 0. The standard InChI is InChI=1S/C15H20N4O2S/c1-10(2)19(8-11-5-6-13(20)16-11)9-14-17-15(18-21-14)12-4-3-7-22-12/h3-4,7,10-11H,5-6,8-9H2,1-2H3,(H,16,20). The number of amides is 1. The van der Waals surface area contributed by atoms with Gasteiger partial charge in [-0.3, -0.25) is 9.69 Å². The lowest BCUT2D eigenvalue weighted by Crippen LogP contribution is -2.41. The van der Waals surface area contributed by atoms with E-state index in [1.54, 1.807) is 11.3 Å². The third-order valence-electron chi connectivity index (χ3n) is 3.82. The summed E-state index contributed by atoms with van der Waals surface area (Å²) in [6.45, 7) is 5.67. The molecule has 0 bridgehead atoms. The summed E-state index contributed by atoms with van der Waals surface area (Å²) in [5, 5.41) is 9.04. The Hall–Kier alpha value is -1.73. The van der Waals surface area contributed by atoms with E-state index in [4.69, 9.17) is 4.52 Å². The van der Waals surface area contributed by atoms with Crippen molar-refractivity contribution in [3.8, 4) is 10.7 Å². The van der Waals surface area contributed by atoms with Crippen LogP contribution in [0.1, 0.15) is 32.6 Å². The van der Waals surface area contributed by atoms with Gasteiger partial charge in [0.25, 0.3) is 0 Å². The van der Waals surface area contributed by atoms with Gasteiger partial charge in [0.1, 0.15) is 0 Å². The minimum absolute atomic E-state index is 0.145. The van der Waals surface area contributed by atoms with Crippen LogP contribution in [0.15, 0.2) is 22.0 Å². The monoisotopic (exact) mass is 320 g/mol. The van der Waals surface area contributed by atoms with Gasteiger partial charge < -0.3 is 9.84 Å². The summed E-state index contributed by atoms with van der Waals surface area (Å²) in [5.74, 6) is 1.40. The first-order valence-electron chi connectivity index (χ1n) is 7.51.